The minimum absolute atomic E-state index is 0.0274. The Bertz CT molecular complexity index is 1540. The van der Waals surface area contributed by atoms with E-state index in [-0.39, 0.29) is 17.0 Å². The van der Waals surface area contributed by atoms with Crippen LogP contribution < -0.4 is 21.4 Å². The number of aliphatic hydroxyl groups is 2. The van der Waals surface area contributed by atoms with Gasteiger partial charge in [0.15, 0.2) is 22.6 Å². The first kappa shape index (κ1) is 31.8. The van der Waals surface area contributed by atoms with Crippen LogP contribution in [0.3, 0.4) is 0 Å². The Hall–Kier alpha value is -3.74. The summed E-state index contributed by atoms with van der Waals surface area (Å²) in [6.45, 7) is 8.05. The number of benzene rings is 2. The number of halogens is 3. The molecule has 0 aliphatic rings. The van der Waals surface area contributed by atoms with Crippen LogP contribution in [-0.2, 0) is 16.1 Å². The van der Waals surface area contributed by atoms with E-state index in [1.807, 2.05) is 0 Å². The van der Waals surface area contributed by atoms with E-state index in [0.29, 0.717) is 0 Å². The van der Waals surface area contributed by atoms with Crippen molar-refractivity contribution in [3.8, 4) is 11.3 Å². The van der Waals surface area contributed by atoms with Crippen LogP contribution in [-0.4, -0.2) is 41.3 Å². The zero-order valence-electron chi connectivity index (χ0n) is 23.7. The van der Waals surface area contributed by atoms with Crippen LogP contribution >= 0.6 is 0 Å². The number of nitrogens with one attached hydrogen (secondary N) is 3. The maximum absolute atomic E-state index is 15.7. The molecule has 0 saturated carbocycles. The molecular weight excluding hydrogens is 543 g/mol. The molecule has 0 radical (unpaired) electrons. The van der Waals surface area contributed by atoms with Crippen molar-refractivity contribution >= 4 is 34.2 Å². The van der Waals surface area contributed by atoms with E-state index in [0.717, 1.165) is 12.1 Å². The van der Waals surface area contributed by atoms with Crippen molar-refractivity contribution in [2.75, 3.05) is 23.8 Å². The first-order valence-electron chi connectivity index (χ1n) is 12.8. The van der Waals surface area contributed by atoms with Gasteiger partial charge in [0, 0.05) is 34.6 Å². The van der Waals surface area contributed by atoms with Gasteiger partial charge in [0.25, 0.3) is 0 Å². The average molecular weight is 578 g/mol. The average Bonchev–Trinajstić information content (AvgIpc) is 2.88. The van der Waals surface area contributed by atoms with Crippen molar-refractivity contribution in [1.29, 1.82) is 0 Å². The summed E-state index contributed by atoms with van der Waals surface area (Å²) in [6.07, 6.45) is 0. The predicted molar refractivity (Wildman–Crippen MR) is 149 cm³/mol. The fraction of sp³-hybridized carbons (Fsp3) is 0.414. The van der Waals surface area contributed by atoms with Gasteiger partial charge < -0.3 is 30.6 Å². The third-order valence-corrected chi connectivity index (χ3v) is 6.26. The van der Waals surface area contributed by atoms with Crippen molar-refractivity contribution in [3.63, 3.8) is 0 Å². The standard InChI is InChI=1S/C29H34F3N3O6/c1-28(2,3)26(39)34-18-8-7-14(9-17(18)30)20-10-19(38)21-24(35-27(40)29(4,5)6)22(31)16(23(32)25(21)41-20)11-33-15(12-36)13-37/h7-10,15,33,36-37H,11-13H2,1-6H3,(H,34,39)(H,35,40). The Kier molecular flexibility index (Phi) is 9.31. The molecule has 0 bridgehead atoms. The van der Waals surface area contributed by atoms with Gasteiger partial charge in [-0.1, -0.05) is 41.5 Å². The fourth-order valence-corrected chi connectivity index (χ4v) is 3.61. The minimum Gasteiger partial charge on any atom is -0.453 e. The first-order valence-corrected chi connectivity index (χ1v) is 12.8. The Morgan fingerprint density at radius 3 is 2.02 bits per heavy atom. The van der Waals surface area contributed by atoms with Gasteiger partial charge in [0.05, 0.1) is 36.0 Å². The molecule has 2 amide bonds. The van der Waals surface area contributed by atoms with Crippen molar-refractivity contribution in [3.05, 3.63) is 57.5 Å². The van der Waals surface area contributed by atoms with Gasteiger partial charge in [-0.15, -0.1) is 0 Å². The summed E-state index contributed by atoms with van der Waals surface area (Å²) in [7, 11) is 0. The van der Waals surface area contributed by atoms with Crippen LogP contribution in [0.1, 0.15) is 47.1 Å². The topological polar surface area (TPSA) is 141 Å². The zero-order valence-corrected chi connectivity index (χ0v) is 23.7. The van der Waals surface area contributed by atoms with Crippen LogP contribution in [0.5, 0.6) is 0 Å². The largest absolute Gasteiger partial charge is 0.453 e. The smallest absolute Gasteiger partial charge is 0.229 e. The number of fused-ring (bicyclic) bond motifs is 1. The second kappa shape index (κ2) is 12.0. The van der Waals surface area contributed by atoms with Crippen molar-refractivity contribution in [1.82, 2.24) is 5.32 Å². The number of rotatable bonds is 8. The van der Waals surface area contributed by atoms with E-state index >= 15 is 8.78 Å². The highest BCUT2D eigenvalue weighted by Crippen LogP contribution is 2.35. The summed E-state index contributed by atoms with van der Waals surface area (Å²) < 4.78 is 52.0. The van der Waals surface area contributed by atoms with Gasteiger partial charge in [-0.05, 0) is 18.2 Å². The number of carbonyl (C=O) groups is 2. The van der Waals surface area contributed by atoms with Crippen molar-refractivity contribution < 1.29 is 37.4 Å². The van der Waals surface area contributed by atoms with E-state index in [4.69, 9.17) is 4.42 Å². The molecule has 9 nitrogen and oxygen atoms in total. The lowest BCUT2D eigenvalue weighted by Crippen LogP contribution is -2.36. The van der Waals surface area contributed by atoms with Crippen molar-refractivity contribution in [2.24, 2.45) is 10.8 Å². The molecule has 0 atom stereocenters. The SMILES string of the molecule is CC(C)(C)C(=O)Nc1ccc(-c2cc(=O)c3c(NC(=O)C(C)(C)C)c(F)c(CNC(CO)CO)c(F)c3o2)cc1F. The molecule has 0 aliphatic carbocycles. The molecule has 41 heavy (non-hydrogen) atoms. The monoisotopic (exact) mass is 577 g/mol. The number of carbonyl (C=O) groups excluding carboxylic acids is 2. The maximum atomic E-state index is 15.7. The molecule has 0 unspecified atom stereocenters. The molecule has 1 aromatic heterocycles. The van der Waals surface area contributed by atoms with Gasteiger partial charge >= 0.3 is 0 Å². The molecule has 3 rings (SSSR count). The molecule has 0 fully saturated rings. The second-order valence-electron chi connectivity index (χ2n) is 11.7. The Morgan fingerprint density at radius 1 is 0.902 bits per heavy atom. The molecule has 12 heteroatoms. The zero-order chi connectivity index (χ0) is 30.9. The van der Waals surface area contributed by atoms with Crippen LogP contribution in [0.4, 0.5) is 24.5 Å². The van der Waals surface area contributed by atoms with E-state index in [1.54, 1.807) is 41.5 Å². The molecular formula is C29H34F3N3O6. The summed E-state index contributed by atoms with van der Waals surface area (Å²) in [5.41, 5.74) is -4.71. The Morgan fingerprint density at radius 2 is 1.49 bits per heavy atom. The van der Waals surface area contributed by atoms with Gasteiger partial charge in [-0.25, -0.2) is 13.2 Å². The molecule has 5 N–H and O–H groups in total. The maximum Gasteiger partial charge on any atom is 0.229 e. The number of hydrogen-bond acceptors (Lipinski definition) is 7. The Balaban J connectivity index is 2.20. The fourth-order valence-electron chi connectivity index (χ4n) is 3.61. The van der Waals surface area contributed by atoms with E-state index in [1.165, 1.54) is 12.1 Å². The molecule has 3 aromatic rings. The lowest BCUT2D eigenvalue weighted by Gasteiger charge is -2.21. The minimum atomic E-state index is -1.26. The van der Waals surface area contributed by atoms with Gasteiger partial charge in [-0.2, -0.15) is 0 Å². The number of amides is 2. The number of hydrogen-bond donors (Lipinski definition) is 5. The Labute approximate surface area is 234 Å². The van der Waals surface area contributed by atoms with Crippen LogP contribution in [0.2, 0.25) is 0 Å². The predicted octanol–water partition coefficient (Wildman–Crippen LogP) is 4.29. The second-order valence-corrected chi connectivity index (χ2v) is 11.7. The highest BCUT2D eigenvalue weighted by Gasteiger charge is 2.29. The summed E-state index contributed by atoms with van der Waals surface area (Å²) in [5, 5.41) is 25.5. The third kappa shape index (κ3) is 6.95. The van der Waals surface area contributed by atoms with E-state index < -0.39 is 93.5 Å². The van der Waals surface area contributed by atoms with Gasteiger partial charge in [0.2, 0.25) is 11.8 Å². The first-order chi connectivity index (χ1) is 19.0. The number of aliphatic hydroxyl groups excluding tert-OH is 2. The summed E-state index contributed by atoms with van der Waals surface area (Å²) in [5.74, 6) is -4.69. The molecule has 0 saturated heterocycles. The molecule has 1 heterocycles. The van der Waals surface area contributed by atoms with E-state index in [9.17, 15) is 29.0 Å². The lowest BCUT2D eigenvalue weighted by atomic mass is 9.95. The molecule has 2 aromatic carbocycles. The normalized spacial score (nSPS) is 12.2. The van der Waals surface area contributed by atoms with Crippen LogP contribution in [0, 0.1) is 28.3 Å². The molecule has 0 spiro atoms. The quantitative estimate of drug-likeness (QED) is 0.269. The summed E-state index contributed by atoms with van der Waals surface area (Å²) >= 11 is 0. The van der Waals surface area contributed by atoms with E-state index in [2.05, 4.69) is 16.0 Å². The third-order valence-electron chi connectivity index (χ3n) is 6.26. The highest BCUT2D eigenvalue weighted by atomic mass is 19.1. The summed E-state index contributed by atoms with van der Waals surface area (Å²) in [6, 6.07) is 3.61. The molecule has 0 aliphatic heterocycles. The van der Waals surface area contributed by atoms with Gasteiger partial charge in [-0.3, -0.25) is 14.4 Å². The summed E-state index contributed by atoms with van der Waals surface area (Å²) in [4.78, 5) is 38.2. The van der Waals surface area contributed by atoms with Gasteiger partial charge in [0.1, 0.15) is 11.6 Å². The van der Waals surface area contributed by atoms with Crippen LogP contribution in [0.15, 0.2) is 33.5 Å². The number of anilines is 2. The van der Waals surface area contributed by atoms with Crippen molar-refractivity contribution in [2.45, 2.75) is 54.1 Å². The molecule has 222 valence electrons. The lowest BCUT2D eigenvalue weighted by molar-refractivity contribution is -0.123. The highest BCUT2D eigenvalue weighted by molar-refractivity contribution is 6.03. The van der Waals surface area contributed by atoms with Crippen LogP contribution in [0.25, 0.3) is 22.3 Å².